The van der Waals surface area contributed by atoms with Crippen molar-refractivity contribution in [2.45, 2.75) is 6.42 Å². The maximum atomic E-state index is 10.5. The highest BCUT2D eigenvalue weighted by Gasteiger charge is 2.13. The number of carbonyl (C=O) groups excluding carboxylic acids is 1. The number of hydrogen-bond donors (Lipinski definition) is 0. The van der Waals surface area contributed by atoms with Gasteiger partial charge in [0.2, 0.25) is 0 Å². The van der Waals surface area contributed by atoms with E-state index in [1.54, 1.807) is 13.4 Å². The van der Waals surface area contributed by atoms with Crippen molar-refractivity contribution < 1.29 is 13.9 Å². The van der Waals surface area contributed by atoms with Crippen molar-refractivity contribution in [3.63, 3.8) is 0 Å². The summed E-state index contributed by atoms with van der Waals surface area (Å²) in [6, 6.07) is 3.73. The van der Waals surface area contributed by atoms with Crippen LogP contribution < -0.4 is 4.74 Å². The van der Waals surface area contributed by atoms with Gasteiger partial charge >= 0.3 is 0 Å². The maximum absolute atomic E-state index is 10.5. The summed E-state index contributed by atoms with van der Waals surface area (Å²) in [5, 5.41) is 0.946. The molecule has 0 atom stereocenters. The molecule has 0 spiro atoms. The van der Waals surface area contributed by atoms with E-state index >= 15 is 0 Å². The number of halogens is 1. The van der Waals surface area contributed by atoms with Gasteiger partial charge in [0.1, 0.15) is 6.29 Å². The van der Waals surface area contributed by atoms with Crippen LogP contribution in [0.15, 0.2) is 27.3 Å². The van der Waals surface area contributed by atoms with E-state index in [0.29, 0.717) is 17.8 Å². The van der Waals surface area contributed by atoms with Gasteiger partial charge in [-0.25, -0.2) is 0 Å². The Bertz CT molecular complexity index is 502. The lowest BCUT2D eigenvalue weighted by molar-refractivity contribution is -0.107. The van der Waals surface area contributed by atoms with E-state index in [1.165, 1.54) is 0 Å². The van der Waals surface area contributed by atoms with Crippen LogP contribution in [0.4, 0.5) is 0 Å². The first-order valence-electron chi connectivity index (χ1n) is 4.44. The molecule has 0 saturated carbocycles. The Balaban J connectivity index is 2.74. The first-order chi connectivity index (χ1) is 7.27. The number of carbonyl (C=O) groups is 1. The number of fused-ring (bicyclic) bond motifs is 1. The highest BCUT2D eigenvalue weighted by atomic mass is 79.9. The van der Waals surface area contributed by atoms with E-state index in [0.717, 1.165) is 21.7 Å². The van der Waals surface area contributed by atoms with Gasteiger partial charge in [0.25, 0.3) is 0 Å². The molecule has 2 rings (SSSR count). The van der Waals surface area contributed by atoms with E-state index in [9.17, 15) is 4.79 Å². The second-order valence-corrected chi connectivity index (χ2v) is 3.94. The van der Waals surface area contributed by atoms with E-state index < -0.39 is 0 Å². The summed E-state index contributed by atoms with van der Waals surface area (Å²) in [4.78, 5) is 10.5. The molecule has 15 heavy (non-hydrogen) atoms. The standard InChI is InChI=1S/C11H9BrO3/c1-14-10-7(2-4-13)6-9(12)8-3-5-15-11(8)10/h3-6H,2H2,1H3. The highest BCUT2D eigenvalue weighted by Crippen LogP contribution is 2.35. The minimum atomic E-state index is 0.318. The first-order valence-corrected chi connectivity index (χ1v) is 5.23. The maximum Gasteiger partial charge on any atom is 0.177 e. The molecule has 3 nitrogen and oxygen atoms in total. The Morgan fingerprint density at radius 1 is 1.60 bits per heavy atom. The predicted octanol–water partition coefficient (Wildman–Crippen LogP) is 2.95. The number of rotatable bonds is 3. The summed E-state index contributed by atoms with van der Waals surface area (Å²) < 4.78 is 11.5. The first kappa shape index (κ1) is 10.2. The zero-order chi connectivity index (χ0) is 10.8. The molecule has 0 saturated heterocycles. The summed E-state index contributed by atoms with van der Waals surface area (Å²) in [6.45, 7) is 0. The van der Waals surface area contributed by atoms with Crippen molar-refractivity contribution in [3.05, 3.63) is 28.4 Å². The van der Waals surface area contributed by atoms with Gasteiger partial charge in [0, 0.05) is 21.8 Å². The largest absolute Gasteiger partial charge is 0.493 e. The lowest BCUT2D eigenvalue weighted by Gasteiger charge is -2.07. The minimum absolute atomic E-state index is 0.318. The van der Waals surface area contributed by atoms with Crippen molar-refractivity contribution >= 4 is 33.2 Å². The molecule has 1 aromatic carbocycles. The van der Waals surface area contributed by atoms with Gasteiger partial charge in [-0.15, -0.1) is 0 Å². The van der Waals surface area contributed by atoms with Crippen molar-refractivity contribution in [2.24, 2.45) is 0 Å². The fraction of sp³-hybridized carbons (Fsp3) is 0.182. The Labute approximate surface area is 95.1 Å². The molecule has 78 valence electrons. The molecule has 2 aromatic rings. The molecule has 0 aliphatic heterocycles. The molecule has 0 bridgehead atoms. The van der Waals surface area contributed by atoms with Crippen LogP contribution in [0.5, 0.6) is 5.75 Å². The Morgan fingerprint density at radius 3 is 3.07 bits per heavy atom. The highest BCUT2D eigenvalue weighted by molar-refractivity contribution is 9.10. The molecular weight excluding hydrogens is 260 g/mol. The molecule has 0 fully saturated rings. The number of benzene rings is 1. The van der Waals surface area contributed by atoms with E-state index in [-0.39, 0.29) is 0 Å². The summed E-state index contributed by atoms with van der Waals surface area (Å²) in [6.07, 6.45) is 2.76. The zero-order valence-electron chi connectivity index (χ0n) is 8.12. The van der Waals surface area contributed by atoms with E-state index in [4.69, 9.17) is 9.15 Å². The minimum Gasteiger partial charge on any atom is -0.493 e. The fourth-order valence-electron chi connectivity index (χ4n) is 1.58. The average Bonchev–Trinajstić information content (AvgIpc) is 2.68. The van der Waals surface area contributed by atoms with Gasteiger partial charge in [-0.05, 0) is 12.1 Å². The third-order valence-electron chi connectivity index (χ3n) is 2.23. The molecule has 0 aliphatic rings. The second-order valence-electron chi connectivity index (χ2n) is 3.08. The monoisotopic (exact) mass is 268 g/mol. The SMILES string of the molecule is COc1c(CC=O)cc(Br)c2ccoc12. The van der Waals surface area contributed by atoms with Crippen LogP contribution in [0, 0.1) is 0 Å². The summed E-state index contributed by atoms with van der Waals surface area (Å²) in [5.41, 5.74) is 1.49. The smallest absolute Gasteiger partial charge is 0.177 e. The van der Waals surface area contributed by atoms with Crippen LogP contribution in [-0.2, 0) is 11.2 Å². The number of methoxy groups -OCH3 is 1. The number of furan rings is 1. The lowest BCUT2D eigenvalue weighted by Crippen LogP contribution is -1.94. The molecular formula is C11H9BrO3. The summed E-state index contributed by atoms with van der Waals surface area (Å²) in [5.74, 6) is 0.630. The van der Waals surface area contributed by atoms with Crippen molar-refractivity contribution in [1.29, 1.82) is 0 Å². The Kier molecular flexibility index (Phi) is 2.77. The molecule has 1 aromatic heterocycles. The van der Waals surface area contributed by atoms with Gasteiger partial charge in [0.05, 0.1) is 13.4 Å². The van der Waals surface area contributed by atoms with Crippen molar-refractivity contribution in [1.82, 2.24) is 0 Å². The lowest BCUT2D eigenvalue weighted by atomic mass is 10.1. The Hall–Kier alpha value is -1.29. The van der Waals surface area contributed by atoms with E-state index in [2.05, 4.69) is 15.9 Å². The van der Waals surface area contributed by atoms with Crippen LogP contribution in [0.3, 0.4) is 0 Å². The van der Waals surface area contributed by atoms with Crippen LogP contribution in [0.1, 0.15) is 5.56 Å². The van der Waals surface area contributed by atoms with E-state index in [1.807, 2.05) is 12.1 Å². The molecule has 0 N–H and O–H groups in total. The molecule has 1 heterocycles. The van der Waals surface area contributed by atoms with Crippen molar-refractivity contribution in [2.75, 3.05) is 7.11 Å². The fourth-order valence-corrected chi connectivity index (χ4v) is 2.17. The zero-order valence-corrected chi connectivity index (χ0v) is 9.71. The summed E-state index contributed by atoms with van der Waals surface area (Å²) >= 11 is 3.43. The average molecular weight is 269 g/mol. The third-order valence-corrected chi connectivity index (χ3v) is 2.88. The second kappa shape index (κ2) is 4.06. The van der Waals surface area contributed by atoms with Gasteiger partial charge in [0.15, 0.2) is 11.3 Å². The van der Waals surface area contributed by atoms with Crippen LogP contribution in [-0.4, -0.2) is 13.4 Å². The molecule has 0 amide bonds. The van der Waals surface area contributed by atoms with Crippen LogP contribution in [0.2, 0.25) is 0 Å². The topological polar surface area (TPSA) is 39.4 Å². The third kappa shape index (κ3) is 1.65. The Morgan fingerprint density at radius 2 is 2.40 bits per heavy atom. The molecule has 0 radical (unpaired) electrons. The van der Waals surface area contributed by atoms with Gasteiger partial charge in [-0.3, -0.25) is 0 Å². The number of hydrogen-bond acceptors (Lipinski definition) is 3. The normalized spacial score (nSPS) is 10.5. The quantitative estimate of drug-likeness (QED) is 0.804. The summed E-state index contributed by atoms with van der Waals surface area (Å²) in [7, 11) is 1.57. The van der Waals surface area contributed by atoms with Crippen LogP contribution in [0.25, 0.3) is 11.0 Å². The molecule has 0 unspecified atom stereocenters. The van der Waals surface area contributed by atoms with Crippen molar-refractivity contribution in [3.8, 4) is 5.75 Å². The molecule has 4 heteroatoms. The molecule has 0 aliphatic carbocycles. The van der Waals surface area contributed by atoms with Gasteiger partial charge < -0.3 is 13.9 Å². The van der Waals surface area contributed by atoms with Crippen LogP contribution >= 0.6 is 15.9 Å². The number of aldehydes is 1. The predicted molar refractivity (Wildman–Crippen MR) is 60.2 cm³/mol. The van der Waals surface area contributed by atoms with Gasteiger partial charge in [-0.2, -0.15) is 0 Å². The number of ether oxygens (including phenoxy) is 1. The van der Waals surface area contributed by atoms with Gasteiger partial charge in [-0.1, -0.05) is 15.9 Å².